The van der Waals surface area contributed by atoms with Gasteiger partial charge in [0.25, 0.3) is 0 Å². The van der Waals surface area contributed by atoms with Crippen LogP contribution in [0, 0.1) is 0 Å². The third-order valence-electron chi connectivity index (χ3n) is 2.23. The van der Waals surface area contributed by atoms with Gasteiger partial charge in [-0.3, -0.25) is 0 Å². The first-order valence-corrected chi connectivity index (χ1v) is 5.21. The van der Waals surface area contributed by atoms with Crippen LogP contribution in [0.2, 0.25) is 5.15 Å². The number of halogens is 1. The summed E-state index contributed by atoms with van der Waals surface area (Å²) in [5, 5.41) is 0.472. The van der Waals surface area contributed by atoms with Gasteiger partial charge in [0, 0.05) is 13.5 Å². The summed E-state index contributed by atoms with van der Waals surface area (Å²) in [5.74, 6) is 0.728. The molecular formula is C11H16ClNO2. The molecule has 0 unspecified atom stereocenters. The van der Waals surface area contributed by atoms with E-state index < -0.39 is 0 Å². The standard InChI is InChI=1S/C11H16ClNO2/c1-11(2,14-3)6-7-15-9-4-5-10(12)13-8-9/h4-5,8H,6-7H2,1-3H3. The number of aromatic nitrogens is 1. The van der Waals surface area contributed by atoms with Crippen molar-refractivity contribution in [2.45, 2.75) is 25.9 Å². The van der Waals surface area contributed by atoms with Gasteiger partial charge in [-0.25, -0.2) is 4.98 Å². The summed E-state index contributed by atoms with van der Waals surface area (Å²) in [6.45, 7) is 4.65. The molecule has 0 atom stereocenters. The van der Waals surface area contributed by atoms with Gasteiger partial charge in [-0.05, 0) is 26.0 Å². The molecule has 84 valence electrons. The average molecular weight is 230 g/mol. The van der Waals surface area contributed by atoms with E-state index in [1.807, 2.05) is 13.8 Å². The van der Waals surface area contributed by atoms with Crippen molar-refractivity contribution < 1.29 is 9.47 Å². The van der Waals surface area contributed by atoms with Gasteiger partial charge in [0.05, 0.1) is 18.4 Å². The Morgan fingerprint density at radius 3 is 2.67 bits per heavy atom. The molecule has 0 bridgehead atoms. The maximum atomic E-state index is 5.65. The smallest absolute Gasteiger partial charge is 0.137 e. The Kier molecular flexibility index (Phi) is 4.36. The van der Waals surface area contributed by atoms with E-state index in [9.17, 15) is 0 Å². The molecular weight excluding hydrogens is 214 g/mol. The number of rotatable bonds is 5. The number of hydrogen-bond donors (Lipinski definition) is 0. The Labute approximate surface area is 95.4 Å². The fraction of sp³-hybridized carbons (Fsp3) is 0.545. The van der Waals surface area contributed by atoms with Gasteiger partial charge >= 0.3 is 0 Å². The van der Waals surface area contributed by atoms with Crippen molar-refractivity contribution in [1.29, 1.82) is 0 Å². The fourth-order valence-corrected chi connectivity index (χ4v) is 1.08. The van der Waals surface area contributed by atoms with Crippen molar-refractivity contribution >= 4 is 11.6 Å². The van der Waals surface area contributed by atoms with E-state index in [2.05, 4.69) is 4.98 Å². The summed E-state index contributed by atoms with van der Waals surface area (Å²) >= 11 is 5.65. The fourth-order valence-electron chi connectivity index (χ4n) is 0.964. The van der Waals surface area contributed by atoms with Crippen molar-refractivity contribution in [1.82, 2.24) is 4.98 Å². The van der Waals surface area contributed by atoms with Crippen molar-refractivity contribution in [3.8, 4) is 5.75 Å². The van der Waals surface area contributed by atoms with Gasteiger partial charge in [0.1, 0.15) is 10.9 Å². The lowest BCUT2D eigenvalue weighted by atomic mass is 10.1. The number of pyridine rings is 1. The second-order valence-electron chi connectivity index (χ2n) is 3.88. The second-order valence-corrected chi connectivity index (χ2v) is 4.27. The van der Waals surface area contributed by atoms with E-state index >= 15 is 0 Å². The highest BCUT2D eigenvalue weighted by atomic mass is 35.5. The zero-order valence-electron chi connectivity index (χ0n) is 9.29. The normalized spacial score (nSPS) is 11.5. The molecule has 3 nitrogen and oxygen atoms in total. The van der Waals surface area contributed by atoms with Gasteiger partial charge in [-0.1, -0.05) is 11.6 Å². The minimum Gasteiger partial charge on any atom is -0.492 e. The highest BCUT2D eigenvalue weighted by Gasteiger charge is 2.15. The lowest BCUT2D eigenvalue weighted by molar-refractivity contribution is 0.00543. The molecule has 0 radical (unpaired) electrons. The maximum absolute atomic E-state index is 5.65. The van der Waals surface area contributed by atoms with Gasteiger partial charge < -0.3 is 9.47 Å². The van der Waals surface area contributed by atoms with Gasteiger partial charge in [0.2, 0.25) is 0 Å². The molecule has 1 aromatic heterocycles. The van der Waals surface area contributed by atoms with Crippen LogP contribution in [0.25, 0.3) is 0 Å². The number of methoxy groups -OCH3 is 1. The molecule has 0 spiro atoms. The molecule has 1 aromatic rings. The van der Waals surface area contributed by atoms with E-state index in [0.29, 0.717) is 11.8 Å². The summed E-state index contributed by atoms with van der Waals surface area (Å²) in [7, 11) is 1.70. The Bertz CT molecular complexity index is 298. The Hall–Kier alpha value is -0.800. The summed E-state index contributed by atoms with van der Waals surface area (Å²) in [6, 6.07) is 3.51. The van der Waals surface area contributed by atoms with E-state index in [4.69, 9.17) is 21.1 Å². The molecule has 1 rings (SSSR count). The van der Waals surface area contributed by atoms with Gasteiger partial charge in [-0.15, -0.1) is 0 Å². The first-order chi connectivity index (χ1) is 7.03. The quantitative estimate of drug-likeness (QED) is 0.728. The van der Waals surface area contributed by atoms with Crippen LogP contribution in [-0.4, -0.2) is 24.3 Å². The van der Waals surface area contributed by atoms with E-state index in [1.54, 1.807) is 25.4 Å². The largest absolute Gasteiger partial charge is 0.492 e. The number of hydrogen-bond acceptors (Lipinski definition) is 3. The van der Waals surface area contributed by atoms with Crippen molar-refractivity contribution in [2.24, 2.45) is 0 Å². The van der Waals surface area contributed by atoms with Crippen molar-refractivity contribution in [3.05, 3.63) is 23.5 Å². The number of ether oxygens (including phenoxy) is 2. The molecule has 15 heavy (non-hydrogen) atoms. The summed E-state index contributed by atoms with van der Waals surface area (Å²) < 4.78 is 10.8. The zero-order chi connectivity index (χ0) is 11.3. The topological polar surface area (TPSA) is 31.4 Å². The summed E-state index contributed by atoms with van der Waals surface area (Å²) in [5.41, 5.74) is -0.153. The molecule has 0 aromatic carbocycles. The molecule has 1 heterocycles. The molecule has 0 fully saturated rings. The highest BCUT2D eigenvalue weighted by molar-refractivity contribution is 6.29. The third kappa shape index (κ3) is 4.49. The zero-order valence-corrected chi connectivity index (χ0v) is 10.0. The minimum absolute atomic E-state index is 0.153. The second kappa shape index (κ2) is 5.33. The first kappa shape index (κ1) is 12.3. The maximum Gasteiger partial charge on any atom is 0.137 e. The molecule has 0 aliphatic rings. The SMILES string of the molecule is COC(C)(C)CCOc1ccc(Cl)nc1. The Morgan fingerprint density at radius 2 is 2.13 bits per heavy atom. The van der Waals surface area contributed by atoms with Crippen LogP contribution in [0.4, 0.5) is 0 Å². The minimum atomic E-state index is -0.153. The third-order valence-corrected chi connectivity index (χ3v) is 2.45. The van der Waals surface area contributed by atoms with Crippen molar-refractivity contribution in [2.75, 3.05) is 13.7 Å². The van der Waals surface area contributed by atoms with Gasteiger partial charge in [-0.2, -0.15) is 0 Å². The van der Waals surface area contributed by atoms with Crippen LogP contribution in [0.1, 0.15) is 20.3 Å². The van der Waals surface area contributed by atoms with E-state index in [-0.39, 0.29) is 5.60 Å². The van der Waals surface area contributed by atoms with Crippen molar-refractivity contribution in [3.63, 3.8) is 0 Å². The van der Waals surface area contributed by atoms with E-state index in [0.717, 1.165) is 12.2 Å². The molecule has 0 aliphatic heterocycles. The molecule has 0 N–H and O–H groups in total. The molecule has 0 saturated heterocycles. The van der Waals surface area contributed by atoms with Crippen LogP contribution < -0.4 is 4.74 Å². The van der Waals surface area contributed by atoms with Crippen LogP contribution in [0.15, 0.2) is 18.3 Å². The molecule has 0 amide bonds. The van der Waals surface area contributed by atoms with Crippen LogP contribution >= 0.6 is 11.6 Å². The molecule has 4 heteroatoms. The van der Waals surface area contributed by atoms with Crippen LogP contribution in [0.3, 0.4) is 0 Å². The van der Waals surface area contributed by atoms with Crippen LogP contribution in [0.5, 0.6) is 5.75 Å². The monoisotopic (exact) mass is 229 g/mol. The Balaban J connectivity index is 2.35. The highest BCUT2D eigenvalue weighted by Crippen LogP contribution is 2.16. The van der Waals surface area contributed by atoms with Crippen LogP contribution in [-0.2, 0) is 4.74 Å². The number of nitrogens with zero attached hydrogens (tertiary/aromatic N) is 1. The predicted molar refractivity (Wildman–Crippen MR) is 60.4 cm³/mol. The lowest BCUT2D eigenvalue weighted by Crippen LogP contribution is -2.25. The predicted octanol–water partition coefficient (Wildman–Crippen LogP) is 2.93. The van der Waals surface area contributed by atoms with Gasteiger partial charge in [0.15, 0.2) is 0 Å². The average Bonchev–Trinajstić information content (AvgIpc) is 2.21. The van der Waals surface area contributed by atoms with E-state index in [1.165, 1.54) is 0 Å². The lowest BCUT2D eigenvalue weighted by Gasteiger charge is -2.22. The molecule has 0 aliphatic carbocycles. The summed E-state index contributed by atoms with van der Waals surface area (Å²) in [4.78, 5) is 3.92. The first-order valence-electron chi connectivity index (χ1n) is 4.83. The summed E-state index contributed by atoms with van der Waals surface area (Å²) in [6.07, 6.45) is 2.44. The Morgan fingerprint density at radius 1 is 1.40 bits per heavy atom. The molecule has 0 saturated carbocycles.